The van der Waals surface area contributed by atoms with Crippen LogP contribution < -0.4 is 0 Å². The van der Waals surface area contributed by atoms with Crippen molar-refractivity contribution in [1.82, 2.24) is 4.98 Å². The minimum Gasteiger partial charge on any atom is -0.240 e. The highest BCUT2D eigenvalue weighted by Gasteiger charge is 2.12. The number of nitriles is 2. The molecule has 0 unspecified atom stereocenters. The van der Waals surface area contributed by atoms with E-state index >= 15 is 0 Å². The predicted molar refractivity (Wildman–Crippen MR) is 48.2 cm³/mol. The van der Waals surface area contributed by atoms with Crippen molar-refractivity contribution in [3.05, 3.63) is 27.5 Å². The van der Waals surface area contributed by atoms with Crippen LogP contribution in [0.1, 0.15) is 22.4 Å². The Morgan fingerprint density at radius 3 is 2.15 bits per heavy atom. The minimum absolute atomic E-state index is 0.0992. The minimum atomic E-state index is 0.0992. The molecule has 0 amide bonds. The van der Waals surface area contributed by atoms with Crippen molar-refractivity contribution in [1.29, 1.82) is 10.5 Å². The van der Waals surface area contributed by atoms with Gasteiger partial charge in [-0.1, -0.05) is 11.6 Å². The summed E-state index contributed by atoms with van der Waals surface area (Å²) < 4.78 is 0. The molecule has 64 valence electrons. The molecule has 1 aromatic heterocycles. The highest BCUT2D eigenvalue weighted by Crippen LogP contribution is 2.21. The lowest BCUT2D eigenvalue weighted by Crippen LogP contribution is -1.97. The quantitative estimate of drug-likeness (QED) is 0.590. The second-order valence-corrected chi connectivity index (χ2v) is 2.94. The van der Waals surface area contributed by atoms with Gasteiger partial charge in [-0.15, -0.1) is 0 Å². The number of aryl methyl sites for hydroxylation is 1. The highest BCUT2D eigenvalue weighted by atomic mass is 35.5. The molecule has 0 saturated heterocycles. The number of nitrogens with zero attached hydrogens (tertiary/aromatic N) is 3. The third-order valence-electron chi connectivity index (χ3n) is 1.86. The number of hydrogen-bond acceptors (Lipinski definition) is 3. The van der Waals surface area contributed by atoms with Crippen molar-refractivity contribution in [2.75, 3.05) is 0 Å². The molecule has 0 radical (unpaired) electrons. The van der Waals surface area contributed by atoms with Gasteiger partial charge in [-0.3, -0.25) is 0 Å². The molecular weight excluding hydrogens is 186 g/mol. The molecule has 0 N–H and O–H groups in total. The maximum atomic E-state index is 8.79. The standard InChI is InChI=1S/C9H6ClN3/c1-5-6(2)13-9(10)8(4-12)7(5)3-11/h1-2H3. The van der Waals surface area contributed by atoms with Crippen LogP contribution >= 0.6 is 11.6 Å². The average molecular weight is 192 g/mol. The van der Waals surface area contributed by atoms with Crippen LogP contribution in [0.2, 0.25) is 5.15 Å². The van der Waals surface area contributed by atoms with Crippen molar-refractivity contribution in [3.63, 3.8) is 0 Å². The molecule has 0 bridgehead atoms. The van der Waals surface area contributed by atoms with Gasteiger partial charge in [0.15, 0.2) is 0 Å². The lowest BCUT2D eigenvalue weighted by Gasteiger charge is -2.04. The van der Waals surface area contributed by atoms with Gasteiger partial charge in [-0.05, 0) is 19.4 Å². The van der Waals surface area contributed by atoms with E-state index < -0.39 is 0 Å². The van der Waals surface area contributed by atoms with Gasteiger partial charge in [0.05, 0.1) is 5.56 Å². The van der Waals surface area contributed by atoms with Crippen LogP contribution in [0.5, 0.6) is 0 Å². The zero-order chi connectivity index (χ0) is 10.0. The summed E-state index contributed by atoms with van der Waals surface area (Å²) >= 11 is 5.70. The maximum absolute atomic E-state index is 8.79. The summed E-state index contributed by atoms with van der Waals surface area (Å²) in [6, 6.07) is 3.82. The Morgan fingerprint density at radius 1 is 1.15 bits per heavy atom. The van der Waals surface area contributed by atoms with Crippen molar-refractivity contribution in [3.8, 4) is 12.1 Å². The van der Waals surface area contributed by atoms with Gasteiger partial charge >= 0.3 is 0 Å². The van der Waals surface area contributed by atoms with Crippen molar-refractivity contribution in [2.45, 2.75) is 13.8 Å². The fourth-order valence-electron chi connectivity index (χ4n) is 1.00. The summed E-state index contributed by atoms with van der Waals surface area (Å²) in [6.07, 6.45) is 0. The molecule has 4 heteroatoms. The van der Waals surface area contributed by atoms with Crippen LogP contribution in [0.15, 0.2) is 0 Å². The smallest absolute Gasteiger partial charge is 0.148 e. The molecular formula is C9H6ClN3. The summed E-state index contributed by atoms with van der Waals surface area (Å²) in [5, 5.41) is 17.6. The zero-order valence-corrected chi connectivity index (χ0v) is 7.98. The van der Waals surface area contributed by atoms with Gasteiger partial charge in [0.25, 0.3) is 0 Å². The molecule has 0 atom stereocenters. The van der Waals surface area contributed by atoms with Crippen LogP contribution in [-0.4, -0.2) is 4.98 Å². The lowest BCUT2D eigenvalue weighted by molar-refractivity contribution is 1.13. The van der Waals surface area contributed by atoms with Gasteiger partial charge in [0.1, 0.15) is 22.9 Å². The Bertz CT molecular complexity index is 438. The molecule has 1 aromatic rings. The monoisotopic (exact) mass is 191 g/mol. The van der Waals surface area contributed by atoms with Crippen LogP contribution in [0.25, 0.3) is 0 Å². The topological polar surface area (TPSA) is 60.5 Å². The van der Waals surface area contributed by atoms with Gasteiger partial charge < -0.3 is 0 Å². The highest BCUT2D eigenvalue weighted by molar-refractivity contribution is 6.30. The second kappa shape index (κ2) is 3.43. The zero-order valence-electron chi connectivity index (χ0n) is 7.22. The first-order valence-corrected chi connectivity index (χ1v) is 3.96. The van der Waals surface area contributed by atoms with E-state index in [9.17, 15) is 0 Å². The molecule has 0 aliphatic heterocycles. The summed E-state index contributed by atoms with van der Waals surface area (Å²) in [6.45, 7) is 3.50. The Morgan fingerprint density at radius 2 is 1.69 bits per heavy atom. The van der Waals surface area contributed by atoms with Crippen molar-refractivity contribution in [2.24, 2.45) is 0 Å². The Kier molecular flexibility index (Phi) is 2.51. The Balaban J connectivity index is 3.66. The first-order chi connectivity index (χ1) is 6.11. The average Bonchev–Trinajstić information content (AvgIpc) is 2.10. The van der Waals surface area contributed by atoms with E-state index in [0.29, 0.717) is 16.8 Å². The van der Waals surface area contributed by atoms with Crippen LogP contribution in [0.4, 0.5) is 0 Å². The number of aromatic nitrogens is 1. The molecule has 1 heterocycles. The molecule has 13 heavy (non-hydrogen) atoms. The molecule has 3 nitrogen and oxygen atoms in total. The van der Waals surface area contributed by atoms with Crippen molar-refractivity contribution < 1.29 is 0 Å². The SMILES string of the molecule is Cc1nc(Cl)c(C#N)c(C#N)c1C. The van der Waals surface area contributed by atoms with E-state index in [1.165, 1.54) is 0 Å². The largest absolute Gasteiger partial charge is 0.240 e. The fraction of sp³-hybridized carbons (Fsp3) is 0.222. The van der Waals surface area contributed by atoms with Crippen molar-refractivity contribution >= 4 is 11.6 Å². The number of rotatable bonds is 0. The normalized spacial score (nSPS) is 9.00. The van der Waals surface area contributed by atoms with Gasteiger partial charge in [0, 0.05) is 5.69 Å². The molecule has 0 fully saturated rings. The summed E-state index contributed by atoms with van der Waals surface area (Å²) in [4.78, 5) is 3.94. The Labute approximate surface area is 81.2 Å². The molecule has 1 rings (SSSR count). The molecule has 0 spiro atoms. The molecule has 0 aromatic carbocycles. The maximum Gasteiger partial charge on any atom is 0.148 e. The van der Waals surface area contributed by atoms with Crippen LogP contribution in [0, 0.1) is 36.5 Å². The molecule has 0 saturated carbocycles. The predicted octanol–water partition coefficient (Wildman–Crippen LogP) is 2.10. The van der Waals surface area contributed by atoms with Crippen LogP contribution in [-0.2, 0) is 0 Å². The number of hydrogen-bond donors (Lipinski definition) is 0. The van der Waals surface area contributed by atoms with Gasteiger partial charge in [-0.2, -0.15) is 10.5 Å². The second-order valence-electron chi connectivity index (χ2n) is 2.59. The van der Waals surface area contributed by atoms with E-state index in [2.05, 4.69) is 4.98 Å². The van der Waals surface area contributed by atoms with Crippen LogP contribution in [0.3, 0.4) is 0 Å². The van der Waals surface area contributed by atoms with Gasteiger partial charge in [0.2, 0.25) is 0 Å². The summed E-state index contributed by atoms with van der Waals surface area (Å²) in [7, 11) is 0. The number of pyridine rings is 1. The summed E-state index contributed by atoms with van der Waals surface area (Å²) in [5.74, 6) is 0. The third kappa shape index (κ3) is 1.47. The fourth-order valence-corrected chi connectivity index (χ4v) is 1.26. The Hall–Kier alpha value is -1.58. The van der Waals surface area contributed by atoms with E-state index in [4.69, 9.17) is 22.1 Å². The molecule has 0 aliphatic carbocycles. The lowest BCUT2D eigenvalue weighted by atomic mass is 10.0. The first kappa shape index (κ1) is 9.51. The van der Waals surface area contributed by atoms with E-state index in [-0.39, 0.29) is 10.7 Å². The summed E-state index contributed by atoms with van der Waals surface area (Å²) in [5.41, 5.74) is 1.87. The molecule has 0 aliphatic rings. The van der Waals surface area contributed by atoms with Gasteiger partial charge in [-0.25, -0.2) is 4.98 Å². The third-order valence-corrected chi connectivity index (χ3v) is 2.14. The first-order valence-electron chi connectivity index (χ1n) is 3.58. The van der Waals surface area contributed by atoms with E-state index in [1.54, 1.807) is 13.8 Å². The van der Waals surface area contributed by atoms with E-state index in [1.807, 2.05) is 12.1 Å². The van der Waals surface area contributed by atoms with E-state index in [0.717, 1.165) is 0 Å². The number of halogens is 1.